The van der Waals surface area contributed by atoms with E-state index in [0.29, 0.717) is 5.82 Å². The standard InChI is InChI=1S/C9H14N2O/c1-9(2,12-3)7-4-5-8(10)11-6-7/h4-6H,1-3H3,(H2,10,11). The van der Waals surface area contributed by atoms with Crippen LogP contribution in [-0.4, -0.2) is 12.1 Å². The molecule has 0 bridgehead atoms. The summed E-state index contributed by atoms with van der Waals surface area (Å²) in [5, 5.41) is 0. The van der Waals surface area contributed by atoms with Gasteiger partial charge in [-0.2, -0.15) is 0 Å². The predicted octanol–water partition coefficient (Wildman–Crippen LogP) is 1.55. The molecule has 12 heavy (non-hydrogen) atoms. The van der Waals surface area contributed by atoms with Gasteiger partial charge in [0.1, 0.15) is 5.82 Å². The van der Waals surface area contributed by atoms with Crippen molar-refractivity contribution in [3.63, 3.8) is 0 Å². The van der Waals surface area contributed by atoms with E-state index in [9.17, 15) is 0 Å². The molecule has 2 N–H and O–H groups in total. The molecule has 3 nitrogen and oxygen atoms in total. The molecule has 66 valence electrons. The Morgan fingerprint density at radius 2 is 2.08 bits per heavy atom. The van der Waals surface area contributed by atoms with Crippen molar-refractivity contribution in [2.24, 2.45) is 0 Å². The number of hydrogen-bond donors (Lipinski definition) is 1. The van der Waals surface area contributed by atoms with E-state index in [2.05, 4.69) is 4.98 Å². The van der Waals surface area contributed by atoms with Gasteiger partial charge in [0, 0.05) is 18.9 Å². The van der Waals surface area contributed by atoms with Gasteiger partial charge in [-0.25, -0.2) is 4.98 Å². The van der Waals surface area contributed by atoms with Gasteiger partial charge in [-0.15, -0.1) is 0 Å². The van der Waals surface area contributed by atoms with Crippen LogP contribution in [0.2, 0.25) is 0 Å². The minimum absolute atomic E-state index is 0.291. The van der Waals surface area contributed by atoms with Gasteiger partial charge in [-0.05, 0) is 19.9 Å². The average molecular weight is 166 g/mol. The molecule has 3 heteroatoms. The van der Waals surface area contributed by atoms with Crippen molar-refractivity contribution in [3.05, 3.63) is 23.9 Å². The number of rotatable bonds is 2. The first-order valence-corrected chi connectivity index (χ1v) is 3.83. The average Bonchev–Trinajstić information content (AvgIpc) is 2.05. The Morgan fingerprint density at radius 1 is 1.42 bits per heavy atom. The van der Waals surface area contributed by atoms with Crippen molar-refractivity contribution >= 4 is 5.82 Å². The lowest BCUT2D eigenvalue weighted by atomic mass is 10.0. The molecule has 0 amide bonds. The van der Waals surface area contributed by atoms with Gasteiger partial charge in [0.15, 0.2) is 0 Å². The zero-order chi connectivity index (χ0) is 9.19. The van der Waals surface area contributed by atoms with Crippen LogP contribution < -0.4 is 5.73 Å². The molecule has 1 aromatic rings. The molecule has 1 heterocycles. The maximum absolute atomic E-state index is 5.46. The fourth-order valence-corrected chi connectivity index (χ4v) is 0.879. The first kappa shape index (κ1) is 9.00. The van der Waals surface area contributed by atoms with Gasteiger partial charge < -0.3 is 10.5 Å². The number of nitrogen functional groups attached to an aromatic ring is 1. The molecule has 0 spiro atoms. The molecule has 0 aromatic carbocycles. The Hall–Kier alpha value is -1.09. The number of methoxy groups -OCH3 is 1. The fourth-order valence-electron chi connectivity index (χ4n) is 0.879. The van der Waals surface area contributed by atoms with E-state index < -0.39 is 0 Å². The third-order valence-corrected chi connectivity index (χ3v) is 1.99. The summed E-state index contributed by atoms with van der Waals surface area (Å²) in [5.74, 6) is 0.533. The Balaban J connectivity index is 2.96. The lowest BCUT2D eigenvalue weighted by Gasteiger charge is -2.22. The number of hydrogen-bond acceptors (Lipinski definition) is 3. The van der Waals surface area contributed by atoms with Gasteiger partial charge in [0.25, 0.3) is 0 Å². The highest BCUT2D eigenvalue weighted by Gasteiger charge is 2.18. The van der Waals surface area contributed by atoms with Crippen molar-refractivity contribution in [1.29, 1.82) is 0 Å². The molecule has 0 aliphatic carbocycles. The molecular formula is C9H14N2O. The summed E-state index contributed by atoms with van der Waals surface area (Å²) >= 11 is 0. The third-order valence-electron chi connectivity index (χ3n) is 1.99. The smallest absolute Gasteiger partial charge is 0.123 e. The van der Waals surface area contributed by atoms with Crippen LogP contribution in [-0.2, 0) is 10.3 Å². The van der Waals surface area contributed by atoms with Gasteiger partial charge in [0.05, 0.1) is 5.60 Å². The molecule has 0 saturated heterocycles. The molecule has 0 saturated carbocycles. The van der Waals surface area contributed by atoms with Crippen molar-refractivity contribution in [2.75, 3.05) is 12.8 Å². The second-order valence-electron chi connectivity index (χ2n) is 3.19. The SMILES string of the molecule is COC(C)(C)c1ccc(N)nc1. The summed E-state index contributed by atoms with van der Waals surface area (Å²) < 4.78 is 5.28. The summed E-state index contributed by atoms with van der Waals surface area (Å²) in [7, 11) is 1.68. The maximum Gasteiger partial charge on any atom is 0.123 e. The Morgan fingerprint density at radius 3 is 2.50 bits per heavy atom. The van der Waals surface area contributed by atoms with Crippen LogP contribution in [0, 0.1) is 0 Å². The molecule has 1 rings (SSSR count). The molecular weight excluding hydrogens is 152 g/mol. The Labute approximate surface area is 72.6 Å². The zero-order valence-corrected chi connectivity index (χ0v) is 7.66. The maximum atomic E-state index is 5.46. The van der Waals surface area contributed by atoms with Crippen LogP contribution in [0.5, 0.6) is 0 Å². The molecule has 0 atom stereocenters. The highest BCUT2D eigenvalue weighted by Crippen LogP contribution is 2.22. The van der Waals surface area contributed by atoms with Crippen LogP contribution in [0.1, 0.15) is 19.4 Å². The van der Waals surface area contributed by atoms with E-state index in [-0.39, 0.29) is 5.60 Å². The van der Waals surface area contributed by atoms with Crippen LogP contribution in [0.25, 0.3) is 0 Å². The topological polar surface area (TPSA) is 48.1 Å². The van der Waals surface area contributed by atoms with Crippen LogP contribution in [0.4, 0.5) is 5.82 Å². The number of anilines is 1. The summed E-state index contributed by atoms with van der Waals surface area (Å²) in [5.41, 5.74) is 6.20. The van der Waals surface area contributed by atoms with Crippen molar-refractivity contribution in [1.82, 2.24) is 4.98 Å². The van der Waals surface area contributed by atoms with E-state index in [4.69, 9.17) is 10.5 Å². The zero-order valence-electron chi connectivity index (χ0n) is 7.66. The normalized spacial score (nSPS) is 11.6. The van der Waals surface area contributed by atoms with Crippen LogP contribution >= 0.6 is 0 Å². The summed E-state index contributed by atoms with van der Waals surface area (Å²) in [6.45, 7) is 3.97. The highest BCUT2D eigenvalue weighted by atomic mass is 16.5. The first-order chi connectivity index (χ1) is 5.56. The minimum atomic E-state index is -0.291. The van der Waals surface area contributed by atoms with E-state index in [1.165, 1.54) is 0 Å². The fraction of sp³-hybridized carbons (Fsp3) is 0.444. The quantitative estimate of drug-likeness (QED) is 0.725. The second-order valence-corrected chi connectivity index (χ2v) is 3.19. The van der Waals surface area contributed by atoms with Gasteiger partial charge in [-0.3, -0.25) is 0 Å². The molecule has 0 fully saturated rings. The summed E-state index contributed by atoms with van der Waals surface area (Å²) in [4.78, 5) is 3.99. The minimum Gasteiger partial charge on any atom is -0.384 e. The lowest BCUT2D eigenvalue weighted by molar-refractivity contribution is 0.0189. The van der Waals surface area contributed by atoms with Crippen molar-refractivity contribution in [3.8, 4) is 0 Å². The molecule has 0 aliphatic heterocycles. The lowest BCUT2D eigenvalue weighted by Crippen LogP contribution is -2.19. The number of ether oxygens (including phenoxy) is 1. The van der Waals surface area contributed by atoms with Crippen molar-refractivity contribution in [2.45, 2.75) is 19.4 Å². The molecule has 0 radical (unpaired) electrons. The third kappa shape index (κ3) is 1.74. The van der Waals surface area contributed by atoms with Crippen LogP contribution in [0.15, 0.2) is 18.3 Å². The molecule has 1 aromatic heterocycles. The van der Waals surface area contributed by atoms with E-state index in [0.717, 1.165) is 5.56 Å². The van der Waals surface area contributed by atoms with E-state index >= 15 is 0 Å². The second kappa shape index (κ2) is 3.11. The molecule has 0 aliphatic rings. The number of aromatic nitrogens is 1. The van der Waals surface area contributed by atoms with Gasteiger partial charge in [0.2, 0.25) is 0 Å². The first-order valence-electron chi connectivity index (χ1n) is 3.83. The largest absolute Gasteiger partial charge is 0.384 e. The Bertz CT molecular complexity index is 254. The summed E-state index contributed by atoms with van der Waals surface area (Å²) in [6.07, 6.45) is 1.73. The van der Waals surface area contributed by atoms with E-state index in [1.807, 2.05) is 19.9 Å². The number of nitrogens with zero attached hydrogens (tertiary/aromatic N) is 1. The number of pyridine rings is 1. The predicted molar refractivity (Wildman–Crippen MR) is 48.7 cm³/mol. The van der Waals surface area contributed by atoms with Gasteiger partial charge in [-0.1, -0.05) is 6.07 Å². The monoisotopic (exact) mass is 166 g/mol. The van der Waals surface area contributed by atoms with Gasteiger partial charge >= 0.3 is 0 Å². The number of nitrogens with two attached hydrogens (primary N) is 1. The highest BCUT2D eigenvalue weighted by molar-refractivity contribution is 5.31. The van der Waals surface area contributed by atoms with E-state index in [1.54, 1.807) is 19.4 Å². The molecule has 0 unspecified atom stereocenters. The summed E-state index contributed by atoms with van der Waals surface area (Å²) in [6, 6.07) is 3.70. The van der Waals surface area contributed by atoms with Crippen LogP contribution in [0.3, 0.4) is 0 Å². The van der Waals surface area contributed by atoms with Crippen molar-refractivity contribution < 1.29 is 4.74 Å². The Kier molecular flexibility index (Phi) is 2.33.